The lowest BCUT2D eigenvalue weighted by molar-refractivity contribution is 0.102. The summed E-state index contributed by atoms with van der Waals surface area (Å²) >= 11 is 0. The highest BCUT2D eigenvalue weighted by Crippen LogP contribution is 2.29. The molecule has 2 rings (SSSR count). The molecule has 1 aliphatic rings. The predicted molar refractivity (Wildman–Crippen MR) is 70.5 cm³/mol. The van der Waals surface area contributed by atoms with Crippen LogP contribution in [0.3, 0.4) is 0 Å². The van der Waals surface area contributed by atoms with Gasteiger partial charge in [0.2, 0.25) is 0 Å². The van der Waals surface area contributed by atoms with E-state index in [2.05, 4.69) is 36.2 Å². The fourth-order valence-corrected chi connectivity index (χ4v) is 2.41. The fraction of sp³-hybridized carbons (Fsp3) is 0.571. The molecule has 1 aromatic carbocycles. The van der Waals surface area contributed by atoms with Crippen LogP contribution in [0.2, 0.25) is 0 Å². The minimum Gasteiger partial charge on any atom is -0.497 e. The number of hydrogen-bond donors (Lipinski definition) is 1. The molecule has 1 aromatic rings. The van der Waals surface area contributed by atoms with Gasteiger partial charge in [0.25, 0.3) is 0 Å². The summed E-state index contributed by atoms with van der Waals surface area (Å²) in [6.07, 6.45) is 0. The van der Waals surface area contributed by atoms with Crippen LogP contribution in [0.4, 0.5) is 0 Å². The van der Waals surface area contributed by atoms with E-state index in [0.717, 1.165) is 31.9 Å². The molecule has 0 saturated carbocycles. The lowest BCUT2D eigenvalue weighted by Gasteiger charge is -2.41. The average molecular weight is 234 g/mol. The summed E-state index contributed by atoms with van der Waals surface area (Å²) in [6, 6.07) is 8.42. The summed E-state index contributed by atoms with van der Waals surface area (Å²) in [4.78, 5) is 2.53. The summed E-state index contributed by atoms with van der Waals surface area (Å²) in [6.45, 7) is 8.97. The number of nitrogens with one attached hydrogen (secondary N) is 1. The lowest BCUT2D eigenvalue weighted by Crippen LogP contribution is -2.51. The van der Waals surface area contributed by atoms with Gasteiger partial charge in [-0.2, -0.15) is 0 Å². The Balaban J connectivity index is 2.17. The second-order valence-electron chi connectivity index (χ2n) is 5.02. The number of piperazine rings is 1. The third-order valence-electron chi connectivity index (χ3n) is 3.70. The number of rotatable bonds is 3. The fourth-order valence-electron chi connectivity index (χ4n) is 2.41. The number of hydrogen-bond acceptors (Lipinski definition) is 3. The minimum absolute atomic E-state index is 0.0916. The molecule has 0 radical (unpaired) electrons. The summed E-state index contributed by atoms with van der Waals surface area (Å²) in [5, 5.41) is 3.39. The number of nitrogens with zero attached hydrogens (tertiary/aromatic N) is 1. The van der Waals surface area contributed by atoms with Crippen LogP contribution in [0, 0.1) is 0 Å². The third-order valence-corrected chi connectivity index (χ3v) is 3.70. The van der Waals surface area contributed by atoms with E-state index in [-0.39, 0.29) is 5.54 Å². The van der Waals surface area contributed by atoms with Crippen molar-refractivity contribution in [2.75, 3.05) is 33.3 Å². The highest BCUT2D eigenvalue weighted by Gasteiger charge is 2.29. The Hall–Kier alpha value is -1.06. The highest BCUT2D eigenvalue weighted by atomic mass is 16.5. The molecule has 0 atom stereocenters. The maximum atomic E-state index is 5.20. The first-order chi connectivity index (χ1) is 8.14. The topological polar surface area (TPSA) is 24.5 Å². The predicted octanol–water partition coefficient (Wildman–Crippen LogP) is 1.84. The van der Waals surface area contributed by atoms with Crippen molar-refractivity contribution in [1.29, 1.82) is 0 Å². The molecule has 0 amide bonds. The first-order valence-corrected chi connectivity index (χ1v) is 6.25. The maximum absolute atomic E-state index is 5.20. The molecule has 0 bridgehead atoms. The second kappa shape index (κ2) is 5.07. The van der Waals surface area contributed by atoms with Crippen molar-refractivity contribution in [3.63, 3.8) is 0 Å². The molecule has 1 saturated heterocycles. The molecule has 0 unspecified atom stereocenters. The first kappa shape index (κ1) is 12.4. The number of ether oxygens (including phenoxy) is 1. The van der Waals surface area contributed by atoms with Crippen LogP contribution < -0.4 is 10.1 Å². The van der Waals surface area contributed by atoms with E-state index in [4.69, 9.17) is 4.74 Å². The van der Waals surface area contributed by atoms with Crippen molar-refractivity contribution >= 4 is 0 Å². The monoisotopic (exact) mass is 234 g/mol. The Morgan fingerprint density at radius 1 is 1.12 bits per heavy atom. The van der Waals surface area contributed by atoms with E-state index in [9.17, 15) is 0 Å². The van der Waals surface area contributed by atoms with Crippen LogP contribution in [0.15, 0.2) is 24.3 Å². The van der Waals surface area contributed by atoms with E-state index in [1.165, 1.54) is 5.56 Å². The number of methoxy groups -OCH3 is 1. The summed E-state index contributed by atoms with van der Waals surface area (Å²) < 4.78 is 5.20. The minimum atomic E-state index is 0.0916. The third kappa shape index (κ3) is 2.61. The number of benzene rings is 1. The zero-order chi connectivity index (χ0) is 12.3. The first-order valence-electron chi connectivity index (χ1n) is 6.25. The van der Waals surface area contributed by atoms with Crippen LogP contribution in [0.5, 0.6) is 5.75 Å². The van der Waals surface area contributed by atoms with Gasteiger partial charge in [0.15, 0.2) is 0 Å². The van der Waals surface area contributed by atoms with Crippen molar-refractivity contribution in [1.82, 2.24) is 10.2 Å². The van der Waals surface area contributed by atoms with Gasteiger partial charge in [0, 0.05) is 31.7 Å². The van der Waals surface area contributed by atoms with E-state index in [0.29, 0.717) is 0 Å². The van der Waals surface area contributed by atoms with Gasteiger partial charge in [-0.15, -0.1) is 0 Å². The van der Waals surface area contributed by atoms with E-state index in [1.54, 1.807) is 7.11 Å². The molecule has 17 heavy (non-hydrogen) atoms. The van der Waals surface area contributed by atoms with Gasteiger partial charge in [0.1, 0.15) is 5.75 Å². The summed E-state index contributed by atoms with van der Waals surface area (Å²) in [5.41, 5.74) is 1.44. The largest absolute Gasteiger partial charge is 0.497 e. The van der Waals surface area contributed by atoms with Crippen LogP contribution in [0.1, 0.15) is 19.4 Å². The van der Waals surface area contributed by atoms with Gasteiger partial charge in [-0.05, 0) is 31.5 Å². The van der Waals surface area contributed by atoms with E-state index in [1.807, 2.05) is 12.1 Å². The summed E-state index contributed by atoms with van der Waals surface area (Å²) in [7, 11) is 1.70. The quantitative estimate of drug-likeness (QED) is 0.863. The van der Waals surface area contributed by atoms with Crippen molar-refractivity contribution in [3.05, 3.63) is 29.8 Å². The molecule has 0 aliphatic carbocycles. The molecule has 0 aromatic heterocycles. The molecule has 1 aliphatic heterocycles. The van der Waals surface area contributed by atoms with Gasteiger partial charge in [-0.3, -0.25) is 4.90 Å². The molecule has 3 heteroatoms. The Morgan fingerprint density at radius 3 is 2.24 bits per heavy atom. The van der Waals surface area contributed by atoms with Gasteiger partial charge in [-0.25, -0.2) is 0 Å². The molecule has 94 valence electrons. The molecule has 1 heterocycles. The molecule has 3 nitrogen and oxygen atoms in total. The smallest absolute Gasteiger partial charge is 0.118 e. The van der Waals surface area contributed by atoms with Gasteiger partial charge < -0.3 is 10.1 Å². The second-order valence-corrected chi connectivity index (χ2v) is 5.02. The summed E-state index contributed by atoms with van der Waals surface area (Å²) in [5.74, 6) is 0.921. The Kier molecular flexibility index (Phi) is 3.69. The molecular weight excluding hydrogens is 212 g/mol. The zero-order valence-electron chi connectivity index (χ0n) is 11.0. The Morgan fingerprint density at radius 2 is 1.71 bits per heavy atom. The van der Waals surface area contributed by atoms with Gasteiger partial charge in [0.05, 0.1) is 7.11 Å². The van der Waals surface area contributed by atoms with Crippen LogP contribution in [-0.4, -0.2) is 38.2 Å². The van der Waals surface area contributed by atoms with Crippen molar-refractivity contribution in [2.24, 2.45) is 0 Å². The molecule has 1 N–H and O–H groups in total. The normalized spacial score (nSPS) is 18.1. The van der Waals surface area contributed by atoms with Crippen LogP contribution >= 0.6 is 0 Å². The molecular formula is C14H22N2O. The highest BCUT2D eigenvalue weighted by molar-refractivity contribution is 5.31. The van der Waals surface area contributed by atoms with Crippen molar-refractivity contribution in [3.8, 4) is 5.75 Å². The van der Waals surface area contributed by atoms with Crippen LogP contribution in [0.25, 0.3) is 0 Å². The molecule has 1 fully saturated rings. The maximum Gasteiger partial charge on any atom is 0.118 e. The van der Waals surface area contributed by atoms with Crippen molar-refractivity contribution in [2.45, 2.75) is 19.4 Å². The van der Waals surface area contributed by atoms with Gasteiger partial charge >= 0.3 is 0 Å². The standard InChI is InChI=1S/C14H22N2O/c1-14(2,16-10-8-15-9-11-16)12-4-6-13(17-3)7-5-12/h4-7,15H,8-11H2,1-3H3. The average Bonchev–Trinajstić information content (AvgIpc) is 2.40. The Bertz CT molecular complexity index is 353. The SMILES string of the molecule is COc1ccc(C(C)(C)N2CCNCC2)cc1. The van der Waals surface area contributed by atoms with Crippen molar-refractivity contribution < 1.29 is 4.74 Å². The van der Waals surface area contributed by atoms with E-state index < -0.39 is 0 Å². The van der Waals surface area contributed by atoms with Crippen LogP contribution in [-0.2, 0) is 5.54 Å². The van der Waals surface area contributed by atoms with E-state index >= 15 is 0 Å². The Labute approximate surface area is 104 Å². The lowest BCUT2D eigenvalue weighted by atomic mass is 9.91. The zero-order valence-corrected chi connectivity index (χ0v) is 11.0. The molecule has 0 spiro atoms. The van der Waals surface area contributed by atoms with Gasteiger partial charge in [-0.1, -0.05) is 12.1 Å².